The van der Waals surface area contributed by atoms with Crippen molar-refractivity contribution >= 4 is 17.9 Å². The van der Waals surface area contributed by atoms with Crippen LogP contribution in [-0.2, 0) is 0 Å². The number of hydrogen-bond donors (Lipinski definition) is 0. The SMILES string of the molecule is CC[P]1(CC)c2ccccc2-c2ccccc21. The standard InChI is InChI=1S/C16H18P/c1-3-17(4-2)15-11-7-5-9-13(15)14-10-6-8-12-16(14)17/h5-12H,3-4H2,1-2H3. The quantitative estimate of drug-likeness (QED) is 0.704. The third kappa shape index (κ3) is 1.34. The van der Waals surface area contributed by atoms with Gasteiger partial charge in [-0.2, -0.15) is 0 Å². The Hall–Kier alpha value is -1.13. The first kappa shape index (κ1) is 11.0. The van der Waals surface area contributed by atoms with E-state index in [2.05, 4.69) is 62.4 Å². The van der Waals surface area contributed by atoms with Gasteiger partial charge in [0.2, 0.25) is 0 Å². The zero-order chi connectivity index (χ0) is 11.9. The van der Waals surface area contributed by atoms with Gasteiger partial charge in [-0.25, -0.2) is 0 Å². The number of rotatable bonds is 2. The van der Waals surface area contributed by atoms with Crippen LogP contribution in [0.15, 0.2) is 48.5 Å². The monoisotopic (exact) mass is 241 g/mol. The second-order valence-corrected chi connectivity index (χ2v) is 8.80. The van der Waals surface area contributed by atoms with Gasteiger partial charge in [0.15, 0.2) is 0 Å². The fourth-order valence-electron chi connectivity index (χ4n) is 3.18. The van der Waals surface area contributed by atoms with Crippen LogP contribution in [0, 0.1) is 0 Å². The van der Waals surface area contributed by atoms with Crippen molar-refractivity contribution in [3.63, 3.8) is 0 Å². The molecule has 0 saturated heterocycles. The van der Waals surface area contributed by atoms with Crippen molar-refractivity contribution in [3.8, 4) is 11.1 Å². The van der Waals surface area contributed by atoms with Crippen LogP contribution >= 0.6 is 7.26 Å². The van der Waals surface area contributed by atoms with Gasteiger partial charge in [0.05, 0.1) is 0 Å². The summed E-state index contributed by atoms with van der Waals surface area (Å²) < 4.78 is 0. The molecule has 2 aromatic carbocycles. The molecule has 3 rings (SSSR count). The lowest BCUT2D eigenvalue weighted by Crippen LogP contribution is -2.20. The fourth-order valence-corrected chi connectivity index (χ4v) is 7.31. The summed E-state index contributed by atoms with van der Waals surface area (Å²) in [5, 5.41) is 3.26. The predicted molar refractivity (Wildman–Crippen MR) is 79.1 cm³/mol. The van der Waals surface area contributed by atoms with Crippen molar-refractivity contribution in [1.82, 2.24) is 0 Å². The normalized spacial score (nSPS) is 15.4. The maximum absolute atomic E-state index is 2.36. The second kappa shape index (κ2) is 3.96. The highest BCUT2D eigenvalue weighted by Gasteiger charge is 2.37. The van der Waals surface area contributed by atoms with Gasteiger partial charge in [0, 0.05) is 0 Å². The average molecular weight is 241 g/mol. The third-order valence-corrected chi connectivity index (χ3v) is 8.88. The Bertz CT molecular complexity index is 505. The second-order valence-electron chi connectivity index (χ2n) is 4.63. The third-order valence-electron chi connectivity index (χ3n) is 4.10. The molecule has 0 nitrogen and oxygen atoms in total. The van der Waals surface area contributed by atoms with Crippen molar-refractivity contribution in [1.29, 1.82) is 0 Å². The van der Waals surface area contributed by atoms with Crippen molar-refractivity contribution in [2.24, 2.45) is 0 Å². The summed E-state index contributed by atoms with van der Waals surface area (Å²) in [4.78, 5) is 0. The first-order valence-corrected chi connectivity index (χ1v) is 8.56. The summed E-state index contributed by atoms with van der Waals surface area (Å²) in [5.41, 5.74) is 2.97. The van der Waals surface area contributed by atoms with E-state index in [1.54, 1.807) is 10.6 Å². The van der Waals surface area contributed by atoms with E-state index in [-0.39, 0.29) is 0 Å². The topological polar surface area (TPSA) is 0 Å². The van der Waals surface area contributed by atoms with E-state index < -0.39 is 7.26 Å². The molecular weight excluding hydrogens is 223 g/mol. The van der Waals surface area contributed by atoms with Gasteiger partial charge in [-0.05, 0) is 34.1 Å². The van der Waals surface area contributed by atoms with Crippen LogP contribution in [0.25, 0.3) is 11.1 Å². The van der Waals surface area contributed by atoms with Gasteiger partial charge in [-0.1, -0.05) is 69.6 Å². The fraction of sp³-hybridized carbons (Fsp3) is 0.250. The van der Waals surface area contributed by atoms with Crippen LogP contribution in [0.3, 0.4) is 0 Å². The maximum Gasteiger partial charge on any atom is -0.0101 e. The Labute approximate surface area is 104 Å². The van der Waals surface area contributed by atoms with Gasteiger partial charge >= 0.3 is 0 Å². The van der Waals surface area contributed by atoms with Crippen LogP contribution in [0.4, 0.5) is 0 Å². The highest BCUT2D eigenvalue weighted by molar-refractivity contribution is 7.90. The maximum atomic E-state index is 2.36. The minimum atomic E-state index is -1.09. The van der Waals surface area contributed by atoms with Crippen LogP contribution in [-0.4, -0.2) is 12.3 Å². The Balaban J connectivity index is 2.38. The van der Waals surface area contributed by atoms with E-state index in [4.69, 9.17) is 0 Å². The number of hydrogen-bond acceptors (Lipinski definition) is 0. The molecule has 0 unspecified atom stereocenters. The lowest BCUT2D eigenvalue weighted by molar-refractivity contribution is 1.40. The highest BCUT2D eigenvalue weighted by atomic mass is 31.2. The van der Waals surface area contributed by atoms with Gasteiger partial charge in [0.25, 0.3) is 0 Å². The molecule has 17 heavy (non-hydrogen) atoms. The molecule has 1 aliphatic heterocycles. The van der Waals surface area contributed by atoms with E-state index >= 15 is 0 Å². The Morgan fingerprint density at radius 3 is 1.53 bits per heavy atom. The van der Waals surface area contributed by atoms with Crippen molar-refractivity contribution in [2.75, 3.05) is 12.3 Å². The minimum absolute atomic E-state index is 1.09. The summed E-state index contributed by atoms with van der Waals surface area (Å²) in [6, 6.07) is 18.0. The lowest BCUT2D eigenvalue weighted by Gasteiger charge is -2.32. The Morgan fingerprint density at radius 1 is 0.706 bits per heavy atom. The molecule has 0 aromatic heterocycles. The number of benzene rings is 2. The van der Waals surface area contributed by atoms with Gasteiger partial charge in [0.1, 0.15) is 0 Å². The molecule has 0 N–H and O–H groups in total. The van der Waals surface area contributed by atoms with E-state index in [0.29, 0.717) is 0 Å². The number of fused-ring (bicyclic) bond motifs is 3. The van der Waals surface area contributed by atoms with Crippen molar-refractivity contribution in [2.45, 2.75) is 13.8 Å². The minimum Gasteiger partial charge on any atom is -0.0692 e. The molecule has 0 fully saturated rings. The van der Waals surface area contributed by atoms with E-state index in [0.717, 1.165) is 0 Å². The van der Waals surface area contributed by atoms with Gasteiger partial charge in [-0.15, -0.1) is 0 Å². The van der Waals surface area contributed by atoms with E-state index in [9.17, 15) is 0 Å². The first-order valence-electron chi connectivity index (χ1n) is 6.40. The van der Waals surface area contributed by atoms with E-state index in [1.165, 1.54) is 23.5 Å². The molecule has 0 amide bonds. The Kier molecular flexibility index (Phi) is 2.56. The summed E-state index contributed by atoms with van der Waals surface area (Å²) in [6.45, 7) is 4.71. The first-order chi connectivity index (χ1) is 8.33. The molecular formula is C16H18P. The molecule has 1 heteroatoms. The summed E-state index contributed by atoms with van der Waals surface area (Å²) in [7, 11) is -1.09. The zero-order valence-corrected chi connectivity index (χ0v) is 11.4. The zero-order valence-electron chi connectivity index (χ0n) is 10.5. The molecule has 0 spiro atoms. The Morgan fingerprint density at radius 2 is 1.12 bits per heavy atom. The molecule has 0 aliphatic carbocycles. The van der Waals surface area contributed by atoms with Gasteiger partial charge in [-0.3, -0.25) is 0 Å². The van der Waals surface area contributed by atoms with Crippen LogP contribution in [0.2, 0.25) is 0 Å². The largest absolute Gasteiger partial charge is 0.0692 e. The highest BCUT2D eigenvalue weighted by Crippen LogP contribution is 2.62. The molecule has 1 heterocycles. The molecule has 1 aliphatic rings. The predicted octanol–water partition coefficient (Wildman–Crippen LogP) is 3.68. The molecule has 0 bridgehead atoms. The molecule has 1 radical (unpaired) electrons. The van der Waals surface area contributed by atoms with Crippen LogP contribution in [0.5, 0.6) is 0 Å². The van der Waals surface area contributed by atoms with Crippen LogP contribution < -0.4 is 10.6 Å². The van der Waals surface area contributed by atoms with E-state index in [1.807, 2.05) is 0 Å². The van der Waals surface area contributed by atoms with Crippen LogP contribution in [0.1, 0.15) is 13.8 Å². The van der Waals surface area contributed by atoms with Gasteiger partial charge < -0.3 is 0 Å². The van der Waals surface area contributed by atoms with Crippen molar-refractivity contribution in [3.05, 3.63) is 48.5 Å². The van der Waals surface area contributed by atoms with Crippen molar-refractivity contribution < 1.29 is 0 Å². The summed E-state index contributed by atoms with van der Waals surface area (Å²) >= 11 is 0. The molecule has 0 atom stereocenters. The molecule has 2 aromatic rings. The molecule has 0 saturated carbocycles. The molecule has 87 valence electrons. The smallest absolute Gasteiger partial charge is 0.0101 e. The lowest BCUT2D eigenvalue weighted by atomic mass is 10.1. The summed E-state index contributed by atoms with van der Waals surface area (Å²) in [6.07, 6.45) is 2.58. The average Bonchev–Trinajstić information content (AvgIpc) is 2.70. The summed E-state index contributed by atoms with van der Waals surface area (Å²) in [5.74, 6) is 0.